The molecular formula is C52H36N2S2. The summed E-state index contributed by atoms with van der Waals surface area (Å²) in [6.07, 6.45) is 2.28. The molecule has 10 rings (SSSR count). The van der Waals surface area contributed by atoms with Crippen molar-refractivity contribution in [3.63, 3.8) is 0 Å². The third-order valence-corrected chi connectivity index (χ3v) is 12.1. The molecule has 266 valence electrons. The topological polar surface area (TPSA) is 8.17 Å². The minimum absolute atomic E-state index is 0.979. The van der Waals surface area contributed by atoms with Crippen molar-refractivity contribution in [2.45, 2.75) is 4.90 Å². The van der Waals surface area contributed by atoms with Crippen LogP contribution in [0.1, 0.15) is 0 Å². The monoisotopic (exact) mass is 752 g/mol. The fourth-order valence-electron chi connectivity index (χ4n) is 7.74. The van der Waals surface area contributed by atoms with E-state index in [1.54, 1.807) is 0 Å². The molecule has 2 heterocycles. The van der Waals surface area contributed by atoms with Gasteiger partial charge >= 0.3 is 0 Å². The molecule has 2 aromatic heterocycles. The third kappa shape index (κ3) is 6.29. The van der Waals surface area contributed by atoms with Gasteiger partial charge in [0.05, 0.1) is 0 Å². The lowest BCUT2D eigenvalue weighted by Gasteiger charge is -2.26. The summed E-state index contributed by atoms with van der Waals surface area (Å²) in [7, 11) is 0. The number of hydrogen-bond donors (Lipinski definition) is 1. The van der Waals surface area contributed by atoms with Crippen LogP contribution in [0.5, 0.6) is 0 Å². The summed E-state index contributed by atoms with van der Waals surface area (Å²) in [6.45, 7) is 0. The first-order valence-electron chi connectivity index (χ1n) is 18.8. The van der Waals surface area contributed by atoms with Gasteiger partial charge in [0, 0.05) is 54.9 Å². The number of thiophene rings is 1. The molecular weight excluding hydrogens is 717 g/mol. The first-order chi connectivity index (χ1) is 27.7. The highest BCUT2D eigenvalue weighted by Gasteiger charge is 2.19. The van der Waals surface area contributed by atoms with Crippen LogP contribution in [0.25, 0.3) is 70.5 Å². The van der Waals surface area contributed by atoms with Crippen molar-refractivity contribution in [1.29, 1.82) is 0 Å². The van der Waals surface area contributed by atoms with Crippen LogP contribution in [0, 0.1) is 0 Å². The standard InChI is InChI=1S/C52H36N2S2/c55-49-17-9-7-15-46(49)48-35-53(52-51(48)47-16-8-10-18-50(47)56-52)42-27-19-40(20-28-42)41-25-33-45(34-26-41)54(43-29-21-38(22-30-43)36-11-3-1-4-12-36)44-31-23-39(24-32-44)37-13-5-2-6-14-37/h1-35,55H. The van der Waals surface area contributed by atoms with Gasteiger partial charge in [-0.15, -0.1) is 24.0 Å². The molecule has 0 bridgehead atoms. The summed E-state index contributed by atoms with van der Waals surface area (Å²) in [4.78, 5) is 4.55. The van der Waals surface area contributed by atoms with Gasteiger partial charge in [-0.1, -0.05) is 146 Å². The molecule has 0 saturated carbocycles. The number of nitrogens with zero attached hydrogens (tertiary/aromatic N) is 2. The normalized spacial score (nSPS) is 11.3. The molecule has 56 heavy (non-hydrogen) atoms. The molecule has 0 unspecified atom stereocenters. The zero-order valence-corrected chi connectivity index (χ0v) is 32.2. The van der Waals surface area contributed by atoms with E-state index < -0.39 is 0 Å². The van der Waals surface area contributed by atoms with Crippen LogP contribution in [0.3, 0.4) is 0 Å². The van der Waals surface area contributed by atoms with Crippen LogP contribution in [0.2, 0.25) is 0 Å². The Balaban J connectivity index is 0.988. The maximum Gasteiger partial charge on any atom is 0.109 e. The summed E-state index contributed by atoms with van der Waals surface area (Å²) in [5.74, 6) is 0. The number of rotatable bonds is 8. The number of thiol groups is 1. The van der Waals surface area contributed by atoms with E-state index in [1.165, 1.54) is 59.2 Å². The molecule has 0 aliphatic heterocycles. The maximum absolute atomic E-state index is 4.85. The highest BCUT2D eigenvalue weighted by atomic mass is 32.1. The van der Waals surface area contributed by atoms with Crippen molar-refractivity contribution in [3.05, 3.63) is 212 Å². The van der Waals surface area contributed by atoms with Crippen molar-refractivity contribution < 1.29 is 0 Å². The summed E-state index contributed by atoms with van der Waals surface area (Å²) >= 11 is 6.69. The van der Waals surface area contributed by atoms with E-state index >= 15 is 0 Å². The lowest BCUT2D eigenvalue weighted by atomic mass is 10.0. The van der Waals surface area contributed by atoms with Gasteiger partial charge in [0.2, 0.25) is 0 Å². The van der Waals surface area contributed by atoms with Gasteiger partial charge in [0.25, 0.3) is 0 Å². The predicted molar refractivity (Wildman–Crippen MR) is 242 cm³/mol. The Kier molecular flexibility index (Phi) is 8.83. The summed E-state index contributed by atoms with van der Waals surface area (Å²) in [6, 6.07) is 73.7. The molecule has 0 N–H and O–H groups in total. The van der Waals surface area contributed by atoms with E-state index in [0.29, 0.717) is 0 Å². The number of benzene rings is 8. The van der Waals surface area contributed by atoms with Gasteiger partial charge < -0.3 is 9.47 Å². The average Bonchev–Trinajstić information content (AvgIpc) is 3.83. The van der Waals surface area contributed by atoms with E-state index in [-0.39, 0.29) is 0 Å². The second-order valence-corrected chi connectivity index (χ2v) is 15.5. The van der Waals surface area contributed by atoms with E-state index in [0.717, 1.165) is 33.2 Å². The van der Waals surface area contributed by atoms with E-state index in [1.807, 2.05) is 17.4 Å². The van der Waals surface area contributed by atoms with E-state index in [9.17, 15) is 0 Å². The molecule has 0 amide bonds. The molecule has 4 heteroatoms. The molecule has 8 aromatic carbocycles. The van der Waals surface area contributed by atoms with Crippen molar-refractivity contribution >= 4 is 61.3 Å². The fourth-order valence-corrected chi connectivity index (χ4v) is 9.24. The fraction of sp³-hybridized carbons (Fsp3) is 0. The van der Waals surface area contributed by atoms with Gasteiger partial charge in [0.15, 0.2) is 0 Å². The Labute approximate surface area is 336 Å². The zero-order chi connectivity index (χ0) is 37.4. The maximum atomic E-state index is 4.85. The number of fused-ring (bicyclic) bond motifs is 3. The largest absolute Gasteiger partial charge is 0.311 e. The first kappa shape index (κ1) is 33.9. The Bertz CT molecular complexity index is 2840. The highest BCUT2D eigenvalue weighted by molar-refractivity contribution is 7.80. The van der Waals surface area contributed by atoms with Crippen LogP contribution in [-0.2, 0) is 0 Å². The van der Waals surface area contributed by atoms with Crippen molar-refractivity contribution in [1.82, 2.24) is 4.57 Å². The minimum atomic E-state index is 0.979. The Morgan fingerprint density at radius 1 is 0.393 bits per heavy atom. The third-order valence-electron chi connectivity index (χ3n) is 10.6. The molecule has 0 aliphatic rings. The Morgan fingerprint density at radius 2 is 0.821 bits per heavy atom. The van der Waals surface area contributed by atoms with Gasteiger partial charge in [-0.05, 0) is 99.6 Å². The number of aromatic nitrogens is 1. The highest BCUT2D eigenvalue weighted by Crippen LogP contribution is 2.44. The Morgan fingerprint density at radius 3 is 1.34 bits per heavy atom. The van der Waals surface area contributed by atoms with Gasteiger partial charge in [0.1, 0.15) is 4.83 Å². The van der Waals surface area contributed by atoms with Crippen LogP contribution in [0.15, 0.2) is 217 Å². The van der Waals surface area contributed by atoms with Crippen molar-refractivity contribution in [2.24, 2.45) is 0 Å². The summed E-state index contributed by atoms with van der Waals surface area (Å²) in [5.41, 5.74) is 14.0. The SMILES string of the molecule is Sc1ccccc1-c1cn(-c2ccc(-c3ccc(N(c4ccc(-c5ccccc5)cc4)c4ccc(-c5ccccc5)cc4)cc3)cc2)c2sc3ccccc3c12. The number of anilines is 3. The van der Waals surface area contributed by atoms with Gasteiger partial charge in [-0.2, -0.15) is 0 Å². The molecule has 0 atom stereocenters. The Hall–Kier alpha value is -6.59. The second-order valence-electron chi connectivity index (χ2n) is 14.0. The van der Waals surface area contributed by atoms with Crippen molar-refractivity contribution in [3.8, 4) is 50.2 Å². The summed E-state index contributed by atoms with van der Waals surface area (Å²) in [5, 5.41) is 2.56. The molecule has 0 saturated heterocycles. The van der Waals surface area contributed by atoms with Gasteiger partial charge in [-0.25, -0.2) is 0 Å². The quantitative estimate of drug-likeness (QED) is 0.152. The molecule has 2 nitrogen and oxygen atoms in total. The van der Waals surface area contributed by atoms with E-state index in [4.69, 9.17) is 12.6 Å². The van der Waals surface area contributed by atoms with Crippen LogP contribution < -0.4 is 4.90 Å². The first-order valence-corrected chi connectivity index (χ1v) is 20.1. The van der Waals surface area contributed by atoms with Crippen LogP contribution in [0.4, 0.5) is 17.1 Å². The lowest BCUT2D eigenvalue weighted by molar-refractivity contribution is 1.14. The molecule has 0 fully saturated rings. The smallest absolute Gasteiger partial charge is 0.109 e. The lowest BCUT2D eigenvalue weighted by Crippen LogP contribution is -2.09. The van der Waals surface area contributed by atoms with Crippen LogP contribution >= 0.6 is 24.0 Å². The number of hydrogen-bond acceptors (Lipinski definition) is 3. The molecule has 0 spiro atoms. The predicted octanol–water partition coefficient (Wildman–Crippen LogP) is 15.3. The zero-order valence-electron chi connectivity index (χ0n) is 30.5. The van der Waals surface area contributed by atoms with Crippen molar-refractivity contribution in [2.75, 3.05) is 4.90 Å². The average molecular weight is 753 g/mol. The molecule has 0 aliphatic carbocycles. The molecule has 10 aromatic rings. The van der Waals surface area contributed by atoms with Crippen LogP contribution in [-0.4, -0.2) is 4.57 Å². The van der Waals surface area contributed by atoms with E-state index in [2.05, 4.69) is 216 Å². The summed E-state index contributed by atoms with van der Waals surface area (Å²) < 4.78 is 3.63. The second kappa shape index (κ2) is 14.6. The minimum Gasteiger partial charge on any atom is -0.311 e. The molecule has 0 radical (unpaired) electrons. The van der Waals surface area contributed by atoms with Gasteiger partial charge in [-0.3, -0.25) is 0 Å².